The molecule has 0 radical (unpaired) electrons. The van der Waals surface area contributed by atoms with Crippen LogP contribution in [0.4, 0.5) is 5.69 Å². The average Bonchev–Trinajstić information content (AvgIpc) is 2.01. The molecule has 0 atom stereocenters. The fraction of sp³-hybridized carbons (Fsp3) is 0.125. The second-order valence-electron chi connectivity index (χ2n) is 2.64. The minimum Gasteiger partial charge on any atom is -0.507 e. The van der Waals surface area contributed by atoms with Gasteiger partial charge in [0.2, 0.25) is 0 Å². The molecule has 1 N–H and O–H groups in total. The first-order valence-electron chi connectivity index (χ1n) is 3.61. The third-order valence-corrected chi connectivity index (χ3v) is 2.47. The van der Waals surface area contributed by atoms with Crippen LogP contribution in [0.5, 0.6) is 5.75 Å². The van der Waals surface area contributed by atoms with Crippen LogP contribution in [0.2, 0.25) is 0 Å². The Morgan fingerprint density at radius 1 is 1.57 bits per heavy atom. The van der Waals surface area contributed by atoms with Gasteiger partial charge < -0.3 is 5.11 Å². The Morgan fingerprint density at radius 3 is 2.50 bits per heavy atom. The molecular formula is C8H6INO4. The molecule has 0 unspecified atom stereocenters. The van der Waals surface area contributed by atoms with Crippen LogP contribution in [0, 0.1) is 13.7 Å². The van der Waals surface area contributed by atoms with Gasteiger partial charge in [-0.3, -0.25) is 14.9 Å². The highest BCUT2D eigenvalue weighted by Gasteiger charge is 2.17. The first-order valence-corrected chi connectivity index (χ1v) is 4.69. The van der Waals surface area contributed by atoms with Crippen molar-refractivity contribution in [3.63, 3.8) is 0 Å². The molecule has 1 rings (SSSR count). The third kappa shape index (κ3) is 2.00. The van der Waals surface area contributed by atoms with E-state index in [0.29, 0.717) is 3.57 Å². The number of aromatic hydroxyl groups is 1. The van der Waals surface area contributed by atoms with Gasteiger partial charge in [0, 0.05) is 9.64 Å². The summed E-state index contributed by atoms with van der Waals surface area (Å²) in [6, 6.07) is 2.22. The molecule has 0 saturated carbocycles. The van der Waals surface area contributed by atoms with Gasteiger partial charge in [0.15, 0.2) is 5.78 Å². The summed E-state index contributed by atoms with van der Waals surface area (Å²) in [6.45, 7) is 1.29. The Hall–Kier alpha value is -1.18. The molecule has 0 aliphatic heterocycles. The second-order valence-corrected chi connectivity index (χ2v) is 3.80. The number of halogens is 1. The molecule has 0 fully saturated rings. The fourth-order valence-electron chi connectivity index (χ4n) is 1.03. The molecular weight excluding hydrogens is 301 g/mol. The van der Waals surface area contributed by atoms with Gasteiger partial charge in [-0.2, -0.15) is 0 Å². The molecule has 74 valence electrons. The number of carbonyl (C=O) groups excluding carboxylic acids is 1. The molecule has 14 heavy (non-hydrogen) atoms. The van der Waals surface area contributed by atoms with E-state index in [0.717, 1.165) is 6.07 Å². The molecule has 1 aromatic carbocycles. The number of nitrogens with zero attached hydrogens (tertiary/aromatic N) is 1. The highest BCUT2D eigenvalue weighted by molar-refractivity contribution is 14.1. The second kappa shape index (κ2) is 3.91. The molecule has 6 heteroatoms. The fourth-order valence-corrected chi connectivity index (χ4v) is 2.01. The minimum atomic E-state index is -0.619. The van der Waals surface area contributed by atoms with Gasteiger partial charge in [-0.25, -0.2) is 0 Å². The minimum absolute atomic E-state index is 0.121. The summed E-state index contributed by atoms with van der Waals surface area (Å²) in [4.78, 5) is 20.8. The number of hydrogen-bond donors (Lipinski definition) is 1. The monoisotopic (exact) mass is 307 g/mol. The molecule has 0 heterocycles. The summed E-state index contributed by atoms with van der Waals surface area (Å²) in [5.41, 5.74) is -0.104. The van der Waals surface area contributed by atoms with E-state index in [9.17, 15) is 20.0 Å². The van der Waals surface area contributed by atoms with Crippen molar-refractivity contribution in [2.75, 3.05) is 0 Å². The van der Waals surface area contributed by atoms with Crippen LogP contribution in [0.25, 0.3) is 0 Å². The third-order valence-electron chi connectivity index (χ3n) is 1.62. The van der Waals surface area contributed by atoms with Crippen molar-refractivity contribution >= 4 is 34.1 Å². The summed E-state index contributed by atoms with van der Waals surface area (Å²) in [7, 11) is 0. The largest absolute Gasteiger partial charge is 0.507 e. The van der Waals surface area contributed by atoms with Gasteiger partial charge in [0.05, 0.1) is 16.6 Å². The van der Waals surface area contributed by atoms with Crippen molar-refractivity contribution in [2.24, 2.45) is 0 Å². The Labute approximate surface area is 93.0 Å². The normalized spacial score (nSPS) is 9.86. The summed E-state index contributed by atoms with van der Waals surface area (Å²) in [5, 5.41) is 19.8. The molecule has 0 aromatic heterocycles. The van der Waals surface area contributed by atoms with Crippen molar-refractivity contribution in [1.82, 2.24) is 0 Å². The Kier molecular flexibility index (Phi) is 3.04. The van der Waals surface area contributed by atoms with Gasteiger partial charge >= 0.3 is 0 Å². The first-order chi connectivity index (χ1) is 6.43. The lowest BCUT2D eigenvalue weighted by Crippen LogP contribution is -1.98. The summed E-state index contributed by atoms with van der Waals surface area (Å²) in [6.07, 6.45) is 0. The van der Waals surface area contributed by atoms with E-state index in [4.69, 9.17) is 0 Å². The van der Waals surface area contributed by atoms with Crippen LogP contribution in [0.3, 0.4) is 0 Å². The Bertz CT molecular complexity index is 393. The van der Waals surface area contributed by atoms with Crippen LogP contribution in [-0.2, 0) is 0 Å². The number of nitro benzene ring substituents is 1. The number of nitro groups is 1. The summed E-state index contributed by atoms with van der Waals surface area (Å²) < 4.78 is 0.377. The lowest BCUT2D eigenvalue weighted by Gasteiger charge is -2.02. The van der Waals surface area contributed by atoms with Gasteiger partial charge in [0.25, 0.3) is 5.69 Å². The van der Waals surface area contributed by atoms with E-state index >= 15 is 0 Å². The van der Waals surface area contributed by atoms with E-state index in [1.54, 1.807) is 22.6 Å². The number of phenols is 1. The zero-order valence-corrected chi connectivity index (χ0v) is 9.31. The molecule has 0 aliphatic carbocycles. The van der Waals surface area contributed by atoms with E-state index in [-0.39, 0.29) is 22.8 Å². The van der Waals surface area contributed by atoms with Crippen molar-refractivity contribution in [2.45, 2.75) is 6.92 Å². The maximum absolute atomic E-state index is 11.0. The average molecular weight is 307 g/mol. The van der Waals surface area contributed by atoms with Gasteiger partial charge in [-0.1, -0.05) is 0 Å². The van der Waals surface area contributed by atoms with Gasteiger partial charge in [-0.15, -0.1) is 0 Å². The Morgan fingerprint density at radius 2 is 2.14 bits per heavy atom. The number of ketones is 1. The number of hydrogen-bond acceptors (Lipinski definition) is 4. The zero-order valence-electron chi connectivity index (χ0n) is 7.15. The lowest BCUT2D eigenvalue weighted by molar-refractivity contribution is -0.385. The molecule has 0 aliphatic rings. The van der Waals surface area contributed by atoms with Gasteiger partial charge in [-0.05, 0) is 29.5 Å². The van der Waals surface area contributed by atoms with E-state index < -0.39 is 4.92 Å². The topological polar surface area (TPSA) is 80.4 Å². The maximum Gasteiger partial charge on any atom is 0.274 e. The van der Waals surface area contributed by atoms with Crippen molar-refractivity contribution < 1.29 is 14.8 Å². The highest BCUT2D eigenvalue weighted by atomic mass is 127. The number of phenolic OH excluding ortho intramolecular Hbond substituents is 1. The first kappa shape index (κ1) is 10.9. The van der Waals surface area contributed by atoms with Crippen LogP contribution < -0.4 is 0 Å². The van der Waals surface area contributed by atoms with E-state index in [1.165, 1.54) is 13.0 Å². The number of Topliss-reactive ketones (excluding diaryl/α,β-unsaturated/α-hetero) is 1. The number of carbonyl (C=O) groups is 1. The van der Waals surface area contributed by atoms with Gasteiger partial charge in [0.1, 0.15) is 5.75 Å². The molecule has 0 saturated heterocycles. The van der Waals surface area contributed by atoms with Crippen LogP contribution in [0.1, 0.15) is 17.3 Å². The maximum atomic E-state index is 11.0. The molecule has 0 spiro atoms. The molecule has 5 nitrogen and oxygen atoms in total. The number of benzene rings is 1. The van der Waals surface area contributed by atoms with Crippen LogP contribution in [-0.4, -0.2) is 15.8 Å². The van der Waals surface area contributed by atoms with Crippen LogP contribution >= 0.6 is 22.6 Å². The van der Waals surface area contributed by atoms with Crippen molar-refractivity contribution in [3.8, 4) is 5.75 Å². The lowest BCUT2D eigenvalue weighted by atomic mass is 10.1. The number of rotatable bonds is 2. The Balaban J connectivity index is 3.39. The van der Waals surface area contributed by atoms with Crippen molar-refractivity contribution in [1.29, 1.82) is 0 Å². The van der Waals surface area contributed by atoms with Crippen LogP contribution in [0.15, 0.2) is 12.1 Å². The van der Waals surface area contributed by atoms with E-state index in [1.807, 2.05) is 0 Å². The van der Waals surface area contributed by atoms with Crippen molar-refractivity contribution in [3.05, 3.63) is 31.4 Å². The predicted octanol–water partition coefficient (Wildman–Crippen LogP) is 2.11. The SMILES string of the molecule is CC(=O)c1c(O)cc([N+](=O)[O-])cc1I. The zero-order chi connectivity index (χ0) is 10.9. The summed E-state index contributed by atoms with van der Waals surface area (Å²) in [5.74, 6) is -0.669. The summed E-state index contributed by atoms with van der Waals surface area (Å²) >= 11 is 1.77. The molecule has 1 aromatic rings. The quantitative estimate of drug-likeness (QED) is 0.393. The molecule has 0 bridgehead atoms. The number of non-ortho nitro benzene ring substituents is 1. The predicted molar refractivity (Wildman–Crippen MR) is 57.5 cm³/mol. The smallest absolute Gasteiger partial charge is 0.274 e. The highest BCUT2D eigenvalue weighted by Crippen LogP contribution is 2.28. The standard InChI is InChI=1S/C8H6INO4/c1-4(11)8-6(9)2-5(10(13)14)3-7(8)12/h2-3,12H,1H3. The molecule has 0 amide bonds. The van der Waals surface area contributed by atoms with E-state index in [2.05, 4.69) is 0 Å².